The van der Waals surface area contributed by atoms with E-state index in [-0.39, 0.29) is 69.5 Å². The molecule has 5 aromatic rings. The topological polar surface area (TPSA) is 590 Å². The Bertz CT molecular complexity index is 3980. The number of aromatic nitrogens is 1. The summed E-state index contributed by atoms with van der Waals surface area (Å²) in [7, 11) is 0. The molecule has 5 rings (SSSR count). The Hall–Kier alpha value is -10.6. The van der Waals surface area contributed by atoms with Crippen LogP contribution in [0.3, 0.4) is 0 Å². The van der Waals surface area contributed by atoms with Gasteiger partial charge in [-0.1, -0.05) is 109 Å². The van der Waals surface area contributed by atoms with E-state index in [4.69, 9.17) is 17.2 Å². The zero-order chi connectivity index (χ0) is 83.3. The molecule has 0 fully saturated rings. The summed E-state index contributed by atoms with van der Waals surface area (Å²) in [5, 5.41) is 83.7. The molecule has 36 nitrogen and oxygen atoms in total. The highest BCUT2D eigenvalue weighted by atomic mass is 32.1. The van der Waals surface area contributed by atoms with Crippen LogP contribution in [0.1, 0.15) is 81.5 Å². The number of carboxylic acid groups (broad SMARTS) is 1. The van der Waals surface area contributed by atoms with Crippen molar-refractivity contribution >= 4 is 119 Å². The number of aliphatic carboxylic acids is 1. The van der Waals surface area contributed by atoms with Crippen LogP contribution in [0.4, 0.5) is 0 Å². The molecule has 0 aliphatic heterocycles. The van der Waals surface area contributed by atoms with Gasteiger partial charge >= 0.3 is 5.97 Å². The SMILES string of the molecule is C[C@H](NC(=O)[C@H](CCCCN)NC(=O)[C@H](CS)NC(=O)CNC(=O)[C@H](N)CO)C(=O)N[C@@H](Cc1ccccc1)C(=O)N[C@@H](Cc1ccccc1)C(=O)N[C@H](Cc1c[nH]c2ccccc12)C(=O)N[C@@H](CCCCN)C(=O)N[C@H](C(=O)N[C@H](Cc1ccccc1)C(=O)N[C@H](C(=O)N[C@@H](CO)C(=O)N[C@H](CS)C(=O)O)[C@@H](C)O)[C@@H](C)O. The van der Waals surface area contributed by atoms with Crippen molar-refractivity contribution in [2.24, 2.45) is 17.2 Å². The Balaban J connectivity index is 1.44. The molecule has 25 N–H and O–H groups in total. The smallest absolute Gasteiger partial charge is 0.327 e. The Kier molecular flexibility index (Phi) is 39.8. The number of benzene rings is 4. The Labute approximate surface area is 663 Å². The van der Waals surface area contributed by atoms with Gasteiger partial charge in [-0.15, -0.1) is 0 Å². The van der Waals surface area contributed by atoms with Crippen molar-refractivity contribution in [2.75, 3.05) is 44.4 Å². The zero-order valence-corrected chi connectivity index (χ0v) is 64.6. The first-order valence-electron chi connectivity index (χ1n) is 36.7. The van der Waals surface area contributed by atoms with E-state index in [9.17, 15) is 78.3 Å². The number of nitrogens with one attached hydrogen (secondary N) is 14. The number of unbranched alkanes of at least 4 members (excludes halogenated alkanes) is 2. The van der Waals surface area contributed by atoms with E-state index in [1.54, 1.807) is 121 Å². The summed E-state index contributed by atoms with van der Waals surface area (Å²) < 4.78 is 0. The van der Waals surface area contributed by atoms with Gasteiger partial charge in [0.1, 0.15) is 78.5 Å². The molecule has 0 radical (unpaired) electrons. The van der Waals surface area contributed by atoms with Crippen molar-refractivity contribution in [3.63, 3.8) is 0 Å². The fraction of sp³-hybridized carbons (Fsp3) is 0.467. The summed E-state index contributed by atoms with van der Waals surface area (Å²) in [6.45, 7) is 1.60. The van der Waals surface area contributed by atoms with Crippen LogP contribution in [0.15, 0.2) is 121 Å². The molecule has 113 heavy (non-hydrogen) atoms. The van der Waals surface area contributed by atoms with Crippen molar-refractivity contribution in [2.45, 2.75) is 176 Å². The van der Waals surface area contributed by atoms with Crippen molar-refractivity contribution in [3.05, 3.63) is 144 Å². The number of hydrogen-bond donors (Lipinski definition) is 24. The minimum absolute atomic E-state index is 0.0142. The first kappa shape index (κ1) is 93.0. The molecule has 1 heterocycles. The molecule has 1 aromatic heterocycles. The number of hydrogen-bond acceptors (Lipinski definition) is 23. The molecule has 0 bridgehead atoms. The highest BCUT2D eigenvalue weighted by Gasteiger charge is 2.39. The standard InChI is InChI=1S/C75H105N17O19S2/c1-41(81-65(100)51(27-15-17-29-76)84-72(107)58(39-112)82-60(97)36-80-64(99)49(78)37-93)63(98)85-53(31-44-19-7-4-8-20-44)67(102)86-54(32-45-21-9-5-10-22-45)68(103)87-56(34-47-35-79-50-26-14-13-25-48(47)50)69(104)83-52(28-16-18-30-77)66(101)91-61(42(2)95)73(108)88-55(33-46-23-11-6-12-24-46)70(105)92-62(43(3)96)74(109)89-57(38-94)71(106)90-59(40-113)75(110)111/h4-14,19-26,35,41-43,49,51-59,61-62,79,93-96,112-113H,15-18,27-34,36-40,76-78H2,1-3H3,(H,80,99)(H,81,100)(H,82,97)(H,83,104)(H,84,107)(H,85,98)(H,86,102)(H,87,103)(H,88,108)(H,89,109)(H,90,106)(H,91,101)(H,92,105)(H,110,111)/t41-,42+,43+,49+,51-,52-,53-,54-,55+,56+,57-,58-,59+,61-,62-/m0/s1. The van der Waals surface area contributed by atoms with Crippen molar-refractivity contribution < 1.29 is 92.7 Å². The lowest BCUT2D eigenvalue weighted by Crippen LogP contribution is -2.63. The number of aromatic amines is 1. The Morgan fingerprint density at radius 3 is 1.19 bits per heavy atom. The molecule has 0 aliphatic rings. The molecule has 0 aliphatic carbocycles. The summed E-state index contributed by atoms with van der Waals surface area (Å²) >= 11 is 8.08. The number of carbonyl (C=O) groups is 14. The first-order chi connectivity index (χ1) is 53.9. The van der Waals surface area contributed by atoms with E-state index in [2.05, 4.69) is 99.4 Å². The predicted molar refractivity (Wildman–Crippen MR) is 421 cm³/mol. The molecule has 0 saturated heterocycles. The highest BCUT2D eigenvalue weighted by Crippen LogP contribution is 2.21. The van der Waals surface area contributed by atoms with Gasteiger partial charge in [0.2, 0.25) is 76.8 Å². The van der Waals surface area contributed by atoms with Gasteiger partial charge in [0.25, 0.3) is 0 Å². The first-order valence-corrected chi connectivity index (χ1v) is 38.0. The molecule has 0 spiro atoms. The quantitative estimate of drug-likeness (QED) is 0.0128. The van der Waals surface area contributed by atoms with Gasteiger partial charge in [-0.3, -0.25) is 62.3 Å². The molecule has 13 amide bonds. The number of fused-ring (bicyclic) bond motifs is 1. The molecule has 38 heteroatoms. The fourth-order valence-electron chi connectivity index (χ4n) is 11.5. The Morgan fingerprint density at radius 1 is 0.398 bits per heavy atom. The Morgan fingerprint density at radius 2 is 0.761 bits per heavy atom. The number of aliphatic hydroxyl groups is 4. The number of aliphatic hydroxyl groups excluding tert-OH is 4. The van der Waals surface area contributed by atoms with Crippen LogP contribution >= 0.6 is 25.3 Å². The number of carboxylic acids is 1. The summed E-state index contributed by atoms with van der Waals surface area (Å²) in [6, 6.07) is 11.9. The van der Waals surface area contributed by atoms with Gasteiger partial charge in [-0.2, -0.15) is 25.3 Å². The molecular formula is C75H105N17O19S2. The van der Waals surface area contributed by atoms with Gasteiger partial charge in [0.15, 0.2) is 0 Å². The lowest BCUT2D eigenvalue weighted by Gasteiger charge is -2.29. The van der Waals surface area contributed by atoms with Crippen LogP contribution < -0.4 is 86.3 Å². The van der Waals surface area contributed by atoms with Crippen LogP contribution in [-0.2, 0) is 92.8 Å². The van der Waals surface area contributed by atoms with Crippen molar-refractivity contribution in [1.29, 1.82) is 0 Å². The van der Waals surface area contributed by atoms with Crippen molar-refractivity contribution in [1.82, 2.24) is 74.1 Å². The van der Waals surface area contributed by atoms with Gasteiger partial charge in [0, 0.05) is 54.3 Å². The van der Waals surface area contributed by atoms with Gasteiger partial charge in [-0.05, 0) is 101 Å². The number of rotatable bonds is 49. The van der Waals surface area contributed by atoms with Crippen LogP contribution in [0.2, 0.25) is 0 Å². The average molecular weight is 1610 g/mol. The number of amides is 13. The second-order valence-corrected chi connectivity index (χ2v) is 27.6. The minimum atomic E-state index is -1.89. The summed E-state index contributed by atoms with van der Waals surface area (Å²) in [5.41, 5.74) is 19.8. The number of nitrogens with two attached hydrogens (primary N) is 3. The largest absolute Gasteiger partial charge is 0.480 e. The monoisotopic (exact) mass is 1610 g/mol. The number of thiol groups is 2. The number of H-pyrrole nitrogens is 1. The second-order valence-electron chi connectivity index (χ2n) is 26.9. The van der Waals surface area contributed by atoms with E-state index in [0.717, 1.165) is 13.8 Å². The molecule has 4 aromatic carbocycles. The lowest BCUT2D eigenvalue weighted by molar-refractivity contribution is -0.142. The van der Waals surface area contributed by atoms with Crippen LogP contribution in [0.25, 0.3) is 10.9 Å². The third-order valence-electron chi connectivity index (χ3n) is 17.9. The van der Waals surface area contributed by atoms with Gasteiger partial charge < -0.3 is 117 Å². The maximum Gasteiger partial charge on any atom is 0.327 e. The number of carbonyl (C=O) groups excluding carboxylic acids is 13. The van der Waals surface area contributed by atoms with Gasteiger partial charge in [0.05, 0.1) is 32.0 Å². The summed E-state index contributed by atoms with van der Waals surface area (Å²) in [6.07, 6.45) is -1.63. The van der Waals surface area contributed by atoms with E-state index in [1.807, 2.05) is 0 Å². The lowest BCUT2D eigenvalue weighted by atomic mass is 10.00. The second kappa shape index (κ2) is 48.4. The zero-order valence-electron chi connectivity index (χ0n) is 62.8. The summed E-state index contributed by atoms with van der Waals surface area (Å²) in [4.78, 5) is 198. The van der Waals surface area contributed by atoms with E-state index in [1.165, 1.54) is 6.92 Å². The van der Waals surface area contributed by atoms with Crippen LogP contribution in [0.5, 0.6) is 0 Å². The average Bonchev–Trinajstić information content (AvgIpc) is 1.74. The maximum absolute atomic E-state index is 15.3. The predicted octanol–water partition coefficient (Wildman–Crippen LogP) is -5.33. The van der Waals surface area contributed by atoms with E-state index < -0.39 is 193 Å². The summed E-state index contributed by atoms with van der Waals surface area (Å²) in [5.74, 6) is -14.8. The molecule has 616 valence electrons. The molecular weight excluding hydrogens is 1510 g/mol. The van der Waals surface area contributed by atoms with Gasteiger partial charge in [-0.25, -0.2) is 4.79 Å². The normalized spacial score (nSPS) is 15.2. The molecule has 0 unspecified atom stereocenters. The van der Waals surface area contributed by atoms with Crippen molar-refractivity contribution in [3.8, 4) is 0 Å². The fourth-order valence-corrected chi connectivity index (χ4v) is 12.0. The third kappa shape index (κ3) is 30.8. The van der Waals surface area contributed by atoms with Crippen LogP contribution in [-0.4, -0.2) is 248 Å². The van der Waals surface area contributed by atoms with E-state index >= 15 is 14.4 Å². The van der Waals surface area contributed by atoms with E-state index in [0.29, 0.717) is 52.4 Å². The molecule has 0 saturated carbocycles. The minimum Gasteiger partial charge on any atom is -0.480 e. The molecule has 15 atom stereocenters. The maximum atomic E-state index is 15.3. The highest BCUT2D eigenvalue weighted by molar-refractivity contribution is 7.80. The number of para-hydroxylation sites is 1. The van der Waals surface area contributed by atoms with Crippen LogP contribution in [0, 0.1) is 0 Å². The third-order valence-corrected chi connectivity index (χ3v) is 18.6.